The minimum atomic E-state index is -0.734. The monoisotopic (exact) mass is 632 g/mol. The van der Waals surface area contributed by atoms with E-state index in [2.05, 4.69) is 4.99 Å². The normalized spacial score (nSPS) is 14.7. The molecule has 0 amide bonds. The molecule has 10 heteroatoms. The van der Waals surface area contributed by atoms with Crippen molar-refractivity contribution in [2.24, 2.45) is 4.99 Å². The molecule has 228 valence electrons. The molecule has 1 aliphatic rings. The largest absolute Gasteiger partial charge is 0.494 e. The van der Waals surface area contributed by atoms with Crippen LogP contribution in [0.3, 0.4) is 0 Å². The number of methoxy groups -OCH3 is 1. The van der Waals surface area contributed by atoms with E-state index in [4.69, 9.17) is 30.5 Å². The number of allylic oxidation sites excluding steroid dienone is 1. The molecule has 0 saturated heterocycles. The molecule has 4 aromatic rings. The summed E-state index contributed by atoms with van der Waals surface area (Å²) < 4.78 is 24.8. The molecule has 0 spiro atoms. The molecule has 0 unspecified atom stereocenters. The second-order valence-electron chi connectivity index (χ2n) is 10.3. The number of carbonyl (C=O) groups is 1. The second kappa shape index (κ2) is 13.5. The average molecular weight is 633 g/mol. The minimum Gasteiger partial charge on any atom is -0.494 e. The molecular weight excluding hydrogens is 600 g/mol. The van der Waals surface area contributed by atoms with Crippen molar-refractivity contribution in [1.82, 2.24) is 4.57 Å². The molecule has 1 aromatic heterocycles. The van der Waals surface area contributed by atoms with Crippen LogP contribution < -0.4 is 29.1 Å². The van der Waals surface area contributed by atoms with Crippen molar-refractivity contribution in [1.29, 1.82) is 0 Å². The number of carbonyl (C=O) groups excluding carboxylic acids is 1. The number of hydrogen-bond acceptors (Lipinski definition) is 8. The Morgan fingerprint density at radius 3 is 2.48 bits per heavy atom. The van der Waals surface area contributed by atoms with Crippen LogP contribution in [0.4, 0.5) is 0 Å². The zero-order valence-electron chi connectivity index (χ0n) is 25.1. The van der Waals surface area contributed by atoms with Gasteiger partial charge in [0.15, 0.2) is 16.3 Å². The van der Waals surface area contributed by atoms with Gasteiger partial charge in [0.05, 0.1) is 46.7 Å². The summed E-state index contributed by atoms with van der Waals surface area (Å²) in [5.41, 5.74) is 2.88. The van der Waals surface area contributed by atoms with Crippen molar-refractivity contribution >= 4 is 35.0 Å². The van der Waals surface area contributed by atoms with E-state index in [1.807, 2.05) is 61.5 Å². The summed E-state index contributed by atoms with van der Waals surface area (Å²) in [5.74, 6) is 1.03. The smallest absolute Gasteiger partial charge is 0.338 e. The van der Waals surface area contributed by atoms with Crippen LogP contribution in [0.2, 0.25) is 5.02 Å². The molecule has 0 aliphatic carbocycles. The van der Waals surface area contributed by atoms with Gasteiger partial charge in [0.25, 0.3) is 5.56 Å². The van der Waals surface area contributed by atoms with Gasteiger partial charge in [0, 0.05) is 0 Å². The first kappa shape index (κ1) is 31.1. The van der Waals surface area contributed by atoms with Gasteiger partial charge in [-0.1, -0.05) is 65.4 Å². The number of aromatic nitrogens is 1. The number of halogens is 1. The van der Waals surface area contributed by atoms with Crippen LogP contribution in [0.1, 0.15) is 50.4 Å². The molecular formula is C34H33ClN2O6S. The standard InChI is InChI=1S/C34H33ClN2O6S/c1-6-41-25-14-12-24(13-15-25)30-29(33(39)43-20(2)3)21(4)36-34-37(30)32(38)28(44-34)18-23-16-26(35)31(27(17-23)40-5)42-19-22-10-8-7-9-11-22/h7-18,20,30H,6,19H2,1-5H3/b28-18+/t30-/m0/s1. The molecule has 0 saturated carbocycles. The van der Waals surface area contributed by atoms with Gasteiger partial charge in [0.2, 0.25) is 0 Å². The lowest BCUT2D eigenvalue weighted by atomic mass is 9.96. The fourth-order valence-electron chi connectivity index (χ4n) is 4.93. The highest BCUT2D eigenvalue weighted by Gasteiger charge is 2.33. The van der Waals surface area contributed by atoms with E-state index in [-0.39, 0.29) is 11.7 Å². The lowest BCUT2D eigenvalue weighted by Gasteiger charge is -2.25. The highest BCUT2D eigenvalue weighted by molar-refractivity contribution is 7.07. The highest BCUT2D eigenvalue weighted by Crippen LogP contribution is 2.37. The first-order valence-corrected chi connectivity index (χ1v) is 15.4. The summed E-state index contributed by atoms with van der Waals surface area (Å²) in [4.78, 5) is 32.5. The van der Waals surface area contributed by atoms with E-state index in [1.54, 1.807) is 43.5 Å². The van der Waals surface area contributed by atoms with Gasteiger partial charge >= 0.3 is 5.97 Å². The van der Waals surface area contributed by atoms with Gasteiger partial charge in [-0.05, 0) is 74.7 Å². The first-order valence-electron chi connectivity index (χ1n) is 14.2. The van der Waals surface area contributed by atoms with Crippen molar-refractivity contribution in [3.05, 3.63) is 119 Å². The van der Waals surface area contributed by atoms with Crippen LogP contribution >= 0.6 is 22.9 Å². The van der Waals surface area contributed by atoms with Crippen molar-refractivity contribution < 1.29 is 23.7 Å². The Labute approximate surface area is 264 Å². The summed E-state index contributed by atoms with van der Waals surface area (Å²) in [5, 5.41) is 0.348. The summed E-state index contributed by atoms with van der Waals surface area (Å²) in [6, 6.07) is 19.9. The fraction of sp³-hybridized carbons (Fsp3) is 0.265. The lowest BCUT2D eigenvalue weighted by Crippen LogP contribution is -2.40. The van der Waals surface area contributed by atoms with Crippen molar-refractivity contribution in [2.45, 2.75) is 46.4 Å². The van der Waals surface area contributed by atoms with Crippen LogP contribution in [0, 0.1) is 0 Å². The van der Waals surface area contributed by atoms with E-state index >= 15 is 0 Å². The minimum absolute atomic E-state index is 0.297. The quantitative estimate of drug-likeness (QED) is 0.205. The number of thiazole rings is 1. The molecule has 0 N–H and O–H groups in total. The number of fused-ring (bicyclic) bond motifs is 1. The first-order chi connectivity index (χ1) is 21.2. The molecule has 2 heterocycles. The van der Waals surface area contributed by atoms with Crippen molar-refractivity contribution in [3.8, 4) is 17.2 Å². The Morgan fingerprint density at radius 2 is 1.82 bits per heavy atom. The van der Waals surface area contributed by atoms with Gasteiger partial charge in [-0.3, -0.25) is 9.36 Å². The van der Waals surface area contributed by atoms with Crippen LogP contribution in [-0.2, 0) is 16.1 Å². The van der Waals surface area contributed by atoms with Gasteiger partial charge in [-0.25, -0.2) is 9.79 Å². The van der Waals surface area contributed by atoms with E-state index < -0.39 is 12.0 Å². The number of esters is 1. The van der Waals surface area contributed by atoms with E-state index in [9.17, 15) is 9.59 Å². The van der Waals surface area contributed by atoms with Crippen LogP contribution in [0.25, 0.3) is 6.08 Å². The van der Waals surface area contributed by atoms with E-state index in [0.717, 1.165) is 11.1 Å². The Morgan fingerprint density at radius 1 is 1.09 bits per heavy atom. The molecule has 44 heavy (non-hydrogen) atoms. The molecule has 0 radical (unpaired) electrons. The molecule has 3 aromatic carbocycles. The lowest BCUT2D eigenvalue weighted by molar-refractivity contribution is -0.143. The second-order valence-corrected chi connectivity index (χ2v) is 11.8. The Bertz CT molecular complexity index is 1880. The predicted molar refractivity (Wildman–Crippen MR) is 171 cm³/mol. The molecule has 0 bridgehead atoms. The van der Waals surface area contributed by atoms with Crippen LogP contribution in [0.5, 0.6) is 17.2 Å². The Hall–Kier alpha value is -4.34. The van der Waals surface area contributed by atoms with Crippen molar-refractivity contribution in [2.75, 3.05) is 13.7 Å². The third kappa shape index (κ3) is 6.59. The molecule has 0 fully saturated rings. The third-order valence-electron chi connectivity index (χ3n) is 6.87. The topological polar surface area (TPSA) is 88.4 Å². The number of rotatable bonds is 10. The van der Waals surface area contributed by atoms with Gasteiger partial charge < -0.3 is 18.9 Å². The zero-order chi connectivity index (χ0) is 31.4. The zero-order valence-corrected chi connectivity index (χ0v) is 26.7. The maximum absolute atomic E-state index is 14.0. The van der Waals surface area contributed by atoms with Crippen LogP contribution in [0.15, 0.2) is 87.8 Å². The summed E-state index contributed by atoms with van der Waals surface area (Å²) in [7, 11) is 1.54. The molecule has 8 nitrogen and oxygen atoms in total. The summed E-state index contributed by atoms with van der Waals surface area (Å²) in [6.07, 6.45) is 1.40. The number of benzene rings is 3. The van der Waals surface area contributed by atoms with Crippen LogP contribution in [-0.4, -0.2) is 30.4 Å². The Balaban J connectivity index is 1.58. The maximum atomic E-state index is 14.0. The number of ether oxygens (including phenoxy) is 4. The maximum Gasteiger partial charge on any atom is 0.338 e. The van der Waals surface area contributed by atoms with Gasteiger partial charge in [-0.15, -0.1) is 0 Å². The average Bonchev–Trinajstić information content (AvgIpc) is 3.30. The third-order valence-corrected chi connectivity index (χ3v) is 8.13. The van der Waals surface area contributed by atoms with Crippen molar-refractivity contribution in [3.63, 3.8) is 0 Å². The molecule has 1 atom stereocenters. The van der Waals surface area contributed by atoms with E-state index in [1.165, 1.54) is 18.4 Å². The predicted octanol–water partition coefficient (Wildman–Crippen LogP) is 5.83. The SMILES string of the molecule is CCOc1ccc([C@H]2C(C(=O)OC(C)C)=C(C)N=c3s/c(=C/c4cc(Cl)c(OCc5ccccc5)c(OC)c4)c(=O)n32)cc1. The molecule has 5 rings (SSSR count). The number of hydrogen-bond donors (Lipinski definition) is 0. The van der Waals surface area contributed by atoms with Gasteiger partial charge in [0.1, 0.15) is 12.4 Å². The Kier molecular flexibility index (Phi) is 9.56. The number of nitrogens with zero attached hydrogens (tertiary/aromatic N) is 2. The summed E-state index contributed by atoms with van der Waals surface area (Å²) in [6.45, 7) is 8.08. The fourth-order valence-corrected chi connectivity index (χ4v) is 6.25. The van der Waals surface area contributed by atoms with E-state index in [0.29, 0.717) is 61.7 Å². The van der Waals surface area contributed by atoms with Gasteiger partial charge in [-0.2, -0.15) is 0 Å². The summed E-state index contributed by atoms with van der Waals surface area (Å²) >= 11 is 7.88. The highest BCUT2D eigenvalue weighted by atomic mass is 35.5. The molecule has 1 aliphatic heterocycles.